The molecule has 1 fully saturated rings. The van der Waals surface area contributed by atoms with Gasteiger partial charge in [-0.3, -0.25) is 14.3 Å². The lowest BCUT2D eigenvalue weighted by atomic mass is 10.1. The summed E-state index contributed by atoms with van der Waals surface area (Å²) in [5.74, 6) is 0.980. The van der Waals surface area contributed by atoms with Crippen LogP contribution >= 0.6 is 0 Å². The standard InChI is InChI=1S/C24H22F3N7O2/c1-16(22-30-21(31-36-22)17-3-2-4-19(13-17)24(25,26)27)32-9-11-33(12-10-32)23(35)18-5-6-20(29-14-18)34-8-7-28-15-34/h2-8,13-16H,9-12H2,1H3. The number of pyridine rings is 1. The van der Waals surface area contributed by atoms with Crippen molar-refractivity contribution >= 4 is 5.91 Å². The fourth-order valence-electron chi connectivity index (χ4n) is 4.07. The molecule has 186 valence electrons. The van der Waals surface area contributed by atoms with E-state index in [-0.39, 0.29) is 23.3 Å². The minimum atomic E-state index is -4.45. The van der Waals surface area contributed by atoms with Gasteiger partial charge in [-0.1, -0.05) is 17.3 Å². The zero-order valence-electron chi connectivity index (χ0n) is 19.3. The summed E-state index contributed by atoms with van der Waals surface area (Å²) in [5, 5.41) is 3.88. The fourth-order valence-corrected chi connectivity index (χ4v) is 4.07. The first-order valence-corrected chi connectivity index (χ1v) is 11.3. The predicted molar refractivity (Wildman–Crippen MR) is 122 cm³/mol. The Morgan fingerprint density at radius 2 is 1.92 bits per heavy atom. The number of halogens is 3. The Hall–Kier alpha value is -4.06. The summed E-state index contributed by atoms with van der Waals surface area (Å²) in [7, 11) is 0. The molecule has 0 radical (unpaired) electrons. The van der Waals surface area contributed by atoms with Crippen LogP contribution in [0, 0.1) is 0 Å². The van der Waals surface area contributed by atoms with E-state index in [0.717, 1.165) is 12.1 Å². The molecule has 0 bridgehead atoms. The van der Waals surface area contributed by atoms with E-state index < -0.39 is 11.7 Å². The number of piperazine rings is 1. The summed E-state index contributed by atoms with van der Waals surface area (Å²) in [6.07, 6.45) is 2.17. The maximum absolute atomic E-state index is 13.0. The van der Waals surface area contributed by atoms with E-state index >= 15 is 0 Å². The molecule has 3 aromatic heterocycles. The Kier molecular flexibility index (Phi) is 6.27. The molecule has 4 aromatic rings. The predicted octanol–water partition coefficient (Wildman–Crippen LogP) is 3.86. The maximum Gasteiger partial charge on any atom is 0.416 e. The van der Waals surface area contributed by atoms with Crippen LogP contribution in [-0.4, -0.2) is 66.6 Å². The Morgan fingerprint density at radius 1 is 1.11 bits per heavy atom. The van der Waals surface area contributed by atoms with Crippen molar-refractivity contribution in [1.82, 2.24) is 34.5 Å². The molecule has 0 aliphatic carbocycles. The number of imidazole rings is 1. The number of hydrogen-bond donors (Lipinski definition) is 0. The molecule has 1 atom stereocenters. The van der Waals surface area contributed by atoms with Crippen molar-refractivity contribution in [2.24, 2.45) is 0 Å². The van der Waals surface area contributed by atoms with E-state index in [9.17, 15) is 18.0 Å². The second kappa shape index (κ2) is 9.53. The summed E-state index contributed by atoms with van der Waals surface area (Å²) >= 11 is 0. The molecule has 1 saturated heterocycles. The van der Waals surface area contributed by atoms with E-state index in [2.05, 4.69) is 25.0 Å². The molecule has 0 spiro atoms. The Morgan fingerprint density at radius 3 is 2.58 bits per heavy atom. The minimum Gasteiger partial charge on any atom is -0.337 e. The Bertz CT molecular complexity index is 1330. The number of nitrogens with zero attached hydrogens (tertiary/aromatic N) is 7. The number of amides is 1. The van der Waals surface area contributed by atoms with Gasteiger partial charge in [0.05, 0.1) is 17.2 Å². The van der Waals surface area contributed by atoms with E-state index in [0.29, 0.717) is 43.5 Å². The number of hydrogen-bond acceptors (Lipinski definition) is 7. The van der Waals surface area contributed by atoms with Crippen LogP contribution in [0.15, 0.2) is 65.8 Å². The summed E-state index contributed by atoms with van der Waals surface area (Å²) in [4.78, 5) is 29.4. The monoisotopic (exact) mass is 497 g/mol. The van der Waals surface area contributed by atoms with Gasteiger partial charge in [-0.05, 0) is 31.2 Å². The molecule has 12 heteroatoms. The van der Waals surface area contributed by atoms with Gasteiger partial charge in [-0.15, -0.1) is 0 Å². The van der Waals surface area contributed by atoms with Gasteiger partial charge in [-0.2, -0.15) is 18.2 Å². The molecule has 1 aromatic carbocycles. The van der Waals surface area contributed by atoms with Crippen molar-refractivity contribution in [1.29, 1.82) is 0 Å². The molecular weight excluding hydrogens is 475 g/mol. The number of carbonyl (C=O) groups is 1. The maximum atomic E-state index is 13.0. The van der Waals surface area contributed by atoms with Crippen LogP contribution in [-0.2, 0) is 6.18 Å². The number of benzene rings is 1. The summed E-state index contributed by atoms with van der Waals surface area (Å²) in [6, 6.07) is 8.08. The van der Waals surface area contributed by atoms with Gasteiger partial charge in [0.15, 0.2) is 0 Å². The van der Waals surface area contributed by atoms with Crippen LogP contribution in [0.5, 0.6) is 0 Å². The first kappa shape index (κ1) is 23.7. The van der Waals surface area contributed by atoms with Crippen molar-refractivity contribution in [3.05, 3.63) is 78.3 Å². The van der Waals surface area contributed by atoms with Gasteiger partial charge in [0.25, 0.3) is 5.91 Å². The third-order valence-corrected chi connectivity index (χ3v) is 6.16. The average molecular weight is 497 g/mol. The first-order valence-electron chi connectivity index (χ1n) is 11.3. The number of alkyl halides is 3. The summed E-state index contributed by atoms with van der Waals surface area (Å²) in [6.45, 7) is 4.05. The summed E-state index contributed by atoms with van der Waals surface area (Å²) in [5.41, 5.74) is -0.0372. The van der Waals surface area contributed by atoms with Crippen LogP contribution in [0.25, 0.3) is 17.2 Å². The SMILES string of the molecule is CC(c1nc(-c2cccc(C(F)(F)F)c2)no1)N1CCN(C(=O)c2ccc(-n3ccnc3)nc2)CC1. The Balaban J connectivity index is 1.20. The molecule has 5 rings (SSSR count). The van der Waals surface area contributed by atoms with Gasteiger partial charge < -0.3 is 9.42 Å². The minimum absolute atomic E-state index is 0.100. The van der Waals surface area contributed by atoms with E-state index in [1.165, 1.54) is 12.1 Å². The van der Waals surface area contributed by atoms with Crippen LogP contribution in [0.3, 0.4) is 0 Å². The van der Waals surface area contributed by atoms with Crippen molar-refractivity contribution in [3.8, 4) is 17.2 Å². The Labute approximate surface area is 204 Å². The van der Waals surface area contributed by atoms with Gasteiger partial charge in [0, 0.05) is 50.3 Å². The molecule has 0 N–H and O–H groups in total. The second-order valence-corrected chi connectivity index (χ2v) is 8.41. The molecule has 36 heavy (non-hydrogen) atoms. The molecular formula is C24H22F3N7O2. The highest BCUT2D eigenvalue weighted by atomic mass is 19.4. The quantitative estimate of drug-likeness (QED) is 0.413. The number of carbonyl (C=O) groups excluding carboxylic acids is 1. The van der Waals surface area contributed by atoms with Gasteiger partial charge in [-0.25, -0.2) is 9.97 Å². The first-order chi connectivity index (χ1) is 17.3. The van der Waals surface area contributed by atoms with Crippen LogP contribution < -0.4 is 0 Å². The smallest absolute Gasteiger partial charge is 0.337 e. The molecule has 1 aliphatic rings. The number of aromatic nitrogens is 5. The van der Waals surface area contributed by atoms with Gasteiger partial charge in [0.2, 0.25) is 11.7 Å². The molecule has 0 saturated carbocycles. The zero-order chi connectivity index (χ0) is 25.3. The lowest BCUT2D eigenvalue weighted by molar-refractivity contribution is -0.137. The van der Waals surface area contributed by atoms with Crippen LogP contribution in [0.4, 0.5) is 13.2 Å². The second-order valence-electron chi connectivity index (χ2n) is 8.41. The van der Waals surface area contributed by atoms with Crippen LogP contribution in [0.2, 0.25) is 0 Å². The van der Waals surface area contributed by atoms with Crippen LogP contribution in [0.1, 0.15) is 34.8 Å². The fraction of sp³-hybridized carbons (Fsp3) is 0.292. The third-order valence-electron chi connectivity index (χ3n) is 6.16. The average Bonchev–Trinajstić information content (AvgIpc) is 3.61. The topological polar surface area (TPSA) is 93.2 Å². The van der Waals surface area contributed by atoms with Crippen molar-refractivity contribution in [3.63, 3.8) is 0 Å². The van der Waals surface area contributed by atoms with Crippen molar-refractivity contribution < 1.29 is 22.5 Å². The van der Waals surface area contributed by atoms with Crippen molar-refractivity contribution in [2.75, 3.05) is 26.2 Å². The molecule has 1 amide bonds. The largest absolute Gasteiger partial charge is 0.416 e. The molecule has 4 heterocycles. The van der Waals surface area contributed by atoms with Gasteiger partial charge >= 0.3 is 6.18 Å². The zero-order valence-corrected chi connectivity index (χ0v) is 19.3. The van der Waals surface area contributed by atoms with Gasteiger partial charge in [0.1, 0.15) is 12.1 Å². The lowest BCUT2D eigenvalue weighted by Gasteiger charge is -2.36. The van der Waals surface area contributed by atoms with E-state index in [1.54, 1.807) is 46.5 Å². The highest BCUT2D eigenvalue weighted by Gasteiger charge is 2.31. The van der Waals surface area contributed by atoms with E-state index in [4.69, 9.17) is 4.52 Å². The molecule has 1 unspecified atom stereocenters. The highest BCUT2D eigenvalue weighted by Crippen LogP contribution is 2.32. The number of rotatable bonds is 5. The third kappa shape index (κ3) is 4.85. The lowest BCUT2D eigenvalue weighted by Crippen LogP contribution is -2.49. The van der Waals surface area contributed by atoms with E-state index in [1.807, 2.05) is 6.92 Å². The normalized spacial score (nSPS) is 15.7. The van der Waals surface area contributed by atoms with Crippen molar-refractivity contribution in [2.45, 2.75) is 19.1 Å². The highest BCUT2D eigenvalue weighted by molar-refractivity contribution is 5.94. The summed E-state index contributed by atoms with van der Waals surface area (Å²) < 4.78 is 46.2. The molecule has 1 aliphatic heterocycles. The molecule has 9 nitrogen and oxygen atoms in total.